The summed E-state index contributed by atoms with van der Waals surface area (Å²) in [5.74, 6) is 6.09. The lowest BCUT2D eigenvalue weighted by molar-refractivity contribution is 0.322. The Morgan fingerprint density at radius 1 is 1.33 bits per heavy atom. The fourth-order valence-corrected chi connectivity index (χ4v) is 1.02. The van der Waals surface area contributed by atoms with E-state index >= 15 is 0 Å². The zero-order valence-electron chi connectivity index (χ0n) is 8.94. The predicted molar refractivity (Wildman–Crippen MR) is 61.3 cm³/mol. The molecule has 0 saturated heterocycles. The average molecular weight is 202 g/mol. The highest BCUT2D eigenvalue weighted by molar-refractivity contribution is 5.79. The molecule has 0 bridgehead atoms. The molecule has 15 heavy (non-hydrogen) atoms. The van der Waals surface area contributed by atoms with Crippen molar-refractivity contribution in [1.29, 1.82) is 0 Å². The number of hydrogen-bond acceptors (Lipinski definition) is 3. The summed E-state index contributed by atoms with van der Waals surface area (Å²) in [4.78, 5) is 2.01. The smallest absolute Gasteiger partial charge is 0.0733 e. The summed E-state index contributed by atoms with van der Waals surface area (Å²) in [5.41, 5.74) is 1.82. The van der Waals surface area contributed by atoms with Gasteiger partial charge in [0.15, 0.2) is 0 Å². The summed E-state index contributed by atoms with van der Waals surface area (Å²) >= 11 is 0. The van der Waals surface area contributed by atoms with Gasteiger partial charge in [-0.2, -0.15) is 0 Å². The number of hydrogen-bond donors (Lipinski definition) is 1. The minimum Gasteiger partial charge on any atom is -0.411 e. The molecule has 0 spiro atoms. The van der Waals surface area contributed by atoms with Crippen molar-refractivity contribution in [3.63, 3.8) is 0 Å². The molecule has 3 nitrogen and oxygen atoms in total. The summed E-state index contributed by atoms with van der Waals surface area (Å²) in [7, 11) is 3.96. The normalized spacial score (nSPS) is 10.3. The summed E-state index contributed by atoms with van der Waals surface area (Å²) in [6.07, 6.45) is 1.39. The third-order valence-corrected chi connectivity index (χ3v) is 1.75. The molecule has 1 N–H and O–H groups in total. The van der Waals surface area contributed by atoms with Gasteiger partial charge in [-0.3, -0.25) is 4.90 Å². The topological polar surface area (TPSA) is 35.8 Å². The molecule has 78 valence electrons. The molecule has 0 fully saturated rings. The number of benzene rings is 1. The van der Waals surface area contributed by atoms with Crippen molar-refractivity contribution in [3.05, 3.63) is 35.4 Å². The van der Waals surface area contributed by atoms with Crippen molar-refractivity contribution in [1.82, 2.24) is 4.90 Å². The number of oxime groups is 1. The van der Waals surface area contributed by atoms with Crippen LogP contribution in [0.5, 0.6) is 0 Å². The SMILES string of the molecule is CN(C)CC#Cc1ccc(C=NO)cc1. The molecule has 0 aliphatic rings. The van der Waals surface area contributed by atoms with Crippen LogP contribution in [0.15, 0.2) is 29.4 Å². The molecule has 0 aliphatic heterocycles. The first-order chi connectivity index (χ1) is 7.22. The second-order valence-corrected chi connectivity index (χ2v) is 3.41. The Bertz CT molecular complexity index is 382. The highest BCUT2D eigenvalue weighted by atomic mass is 16.4. The van der Waals surface area contributed by atoms with Crippen LogP contribution in [0.1, 0.15) is 11.1 Å². The van der Waals surface area contributed by atoms with E-state index in [0.717, 1.165) is 17.7 Å². The highest BCUT2D eigenvalue weighted by Crippen LogP contribution is 2.00. The van der Waals surface area contributed by atoms with Gasteiger partial charge in [0.2, 0.25) is 0 Å². The Labute approximate surface area is 90.0 Å². The largest absolute Gasteiger partial charge is 0.411 e. The fourth-order valence-electron chi connectivity index (χ4n) is 1.02. The van der Waals surface area contributed by atoms with Crippen LogP contribution in [-0.4, -0.2) is 37.0 Å². The second-order valence-electron chi connectivity index (χ2n) is 3.41. The van der Waals surface area contributed by atoms with Gasteiger partial charge in [0.1, 0.15) is 0 Å². The Morgan fingerprint density at radius 2 is 2.00 bits per heavy atom. The Morgan fingerprint density at radius 3 is 2.53 bits per heavy atom. The highest BCUT2D eigenvalue weighted by Gasteiger charge is 1.88. The van der Waals surface area contributed by atoms with Crippen molar-refractivity contribution >= 4 is 6.21 Å². The lowest BCUT2D eigenvalue weighted by Crippen LogP contribution is -2.10. The fraction of sp³-hybridized carbons (Fsp3) is 0.250. The molecular weight excluding hydrogens is 188 g/mol. The van der Waals surface area contributed by atoms with Gasteiger partial charge in [0.05, 0.1) is 12.8 Å². The number of rotatable bonds is 2. The first-order valence-electron chi connectivity index (χ1n) is 4.63. The monoisotopic (exact) mass is 202 g/mol. The van der Waals surface area contributed by atoms with E-state index in [1.165, 1.54) is 6.21 Å². The van der Waals surface area contributed by atoms with Crippen LogP contribution < -0.4 is 0 Å². The summed E-state index contributed by atoms with van der Waals surface area (Å²) in [6, 6.07) is 7.53. The van der Waals surface area contributed by atoms with E-state index in [-0.39, 0.29) is 0 Å². The molecule has 0 radical (unpaired) electrons. The van der Waals surface area contributed by atoms with Crippen molar-refractivity contribution in [2.75, 3.05) is 20.6 Å². The third kappa shape index (κ3) is 4.30. The van der Waals surface area contributed by atoms with Crippen LogP contribution in [0.3, 0.4) is 0 Å². The Kier molecular flexibility index (Phi) is 4.39. The molecule has 0 saturated carbocycles. The molecule has 1 aromatic carbocycles. The second kappa shape index (κ2) is 5.84. The summed E-state index contributed by atoms with van der Waals surface area (Å²) in [6.45, 7) is 0.750. The first-order valence-corrected chi connectivity index (χ1v) is 4.63. The van der Waals surface area contributed by atoms with E-state index in [2.05, 4.69) is 17.0 Å². The van der Waals surface area contributed by atoms with Gasteiger partial charge in [-0.1, -0.05) is 29.1 Å². The lowest BCUT2D eigenvalue weighted by Gasteiger charge is -2.00. The van der Waals surface area contributed by atoms with E-state index < -0.39 is 0 Å². The third-order valence-electron chi connectivity index (χ3n) is 1.75. The molecule has 0 aromatic heterocycles. The van der Waals surface area contributed by atoms with Gasteiger partial charge in [0.25, 0.3) is 0 Å². The van der Waals surface area contributed by atoms with Crippen LogP contribution in [0.2, 0.25) is 0 Å². The van der Waals surface area contributed by atoms with Crippen LogP contribution >= 0.6 is 0 Å². The van der Waals surface area contributed by atoms with Gasteiger partial charge in [-0.15, -0.1) is 0 Å². The lowest BCUT2D eigenvalue weighted by atomic mass is 10.1. The molecular formula is C12H14N2O. The minimum atomic E-state index is 0.750. The zero-order chi connectivity index (χ0) is 11.1. The summed E-state index contributed by atoms with van der Waals surface area (Å²) in [5, 5.41) is 11.3. The van der Waals surface area contributed by atoms with Crippen molar-refractivity contribution in [3.8, 4) is 11.8 Å². The molecule has 0 amide bonds. The van der Waals surface area contributed by atoms with E-state index in [4.69, 9.17) is 5.21 Å². The van der Waals surface area contributed by atoms with Gasteiger partial charge in [0, 0.05) is 5.56 Å². The Hall–Kier alpha value is -1.79. The molecule has 0 aliphatic carbocycles. The minimum absolute atomic E-state index is 0.750. The first kappa shape index (κ1) is 11.3. The predicted octanol–water partition coefficient (Wildman–Crippen LogP) is 1.41. The quantitative estimate of drug-likeness (QED) is 0.340. The van der Waals surface area contributed by atoms with E-state index in [1.807, 2.05) is 43.3 Å². The van der Waals surface area contributed by atoms with E-state index in [1.54, 1.807) is 0 Å². The van der Waals surface area contributed by atoms with Crippen LogP contribution in [0.4, 0.5) is 0 Å². The molecule has 1 aromatic rings. The molecule has 0 unspecified atom stereocenters. The maximum Gasteiger partial charge on any atom is 0.0733 e. The van der Waals surface area contributed by atoms with Crippen LogP contribution in [0, 0.1) is 11.8 Å². The standard InChI is InChI=1S/C12H14N2O/c1-14(2)9-3-4-11-5-7-12(8-6-11)10-13-15/h5-8,10,15H,9H2,1-2H3. The molecule has 0 heterocycles. The van der Waals surface area contributed by atoms with Crippen LogP contribution in [0.25, 0.3) is 0 Å². The Balaban J connectivity index is 2.66. The summed E-state index contributed by atoms with van der Waals surface area (Å²) < 4.78 is 0. The van der Waals surface area contributed by atoms with Crippen molar-refractivity contribution < 1.29 is 5.21 Å². The van der Waals surface area contributed by atoms with Crippen molar-refractivity contribution in [2.24, 2.45) is 5.16 Å². The maximum atomic E-state index is 8.33. The molecule has 1 rings (SSSR count). The van der Waals surface area contributed by atoms with E-state index in [9.17, 15) is 0 Å². The van der Waals surface area contributed by atoms with Gasteiger partial charge in [-0.25, -0.2) is 0 Å². The molecule has 3 heteroatoms. The number of nitrogens with zero attached hydrogens (tertiary/aromatic N) is 2. The van der Waals surface area contributed by atoms with Gasteiger partial charge >= 0.3 is 0 Å². The van der Waals surface area contributed by atoms with Crippen LogP contribution in [-0.2, 0) is 0 Å². The van der Waals surface area contributed by atoms with Crippen molar-refractivity contribution in [2.45, 2.75) is 0 Å². The van der Waals surface area contributed by atoms with Gasteiger partial charge in [-0.05, 0) is 31.8 Å². The van der Waals surface area contributed by atoms with Gasteiger partial charge < -0.3 is 5.21 Å². The zero-order valence-corrected chi connectivity index (χ0v) is 8.94. The van der Waals surface area contributed by atoms with E-state index in [0.29, 0.717) is 0 Å². The molecule has 0 atom stereocenters. The maximum absolute atomic E-state index is 8.33. The average Bonchev–Trinajstić information content (AvgIpc) is 2.20.